The second-order valence-electron chi connectivity index (χ2n) is 5.41. The van der Waals surface area contributed by atoms with Crippen LogP contribution >= 0.6 is 0 Å². The standard InChI is InChI=1S/C18H16F2N2O4/c19-14-3-1-2-11(17(14)20)6-9-15(23)22-13-7-4-12(5-8-13)18(26)21-10-16(24)25/h1-5,7-8H,6,9-10H2,(H,21,26)(H,22,23)(H,24,25). The SMILES string of the molecule is O=C(O)CNC(=O)c1ccc(NC(=O)CCc2cccc(F)c2F)cc1. The minimum Gasteiger partial charge on any atom is -0.480 e. The van der Waals surface area contributed by atoms with Crippen molar-refractivity contribution in [1.29, 1.82) is 0 Å². The molecule has 0 atom stereocenters. The van der Waals surface area contributed by atoms with Gasteiger partial charge in [-0.3, -0.25) is 14.4 Å². The fourth-order valence-electron chi connectivity index (χ4n) is 2.18. The Labute approximate surface area is 147 Å². The second-order valence-corrected chi connectivity index (χ2v) is 5.41. The summed E-state index contributed by atoms with van der Waals surface area (Å²) in [5.74, 6) is -4.02. The normalized spacial score (nSPS) is 10.2. The highest BCUT2D eigenvalue weighted by molar-refractivity contribution is 5.97. The van der Waals surface area contributed by atoms with Gasteiger partial charge in [0.05, 0.1) is 0 Å². The highest BCUT2D eigenvalue weighted by Crippen LogP contribution is 2.14. The first-order valence-electron chi connectivity index (χ1n) is 7.69. The monoisotopic (exact) mass is 362 g/mol. The molecule has 8 heteroatoms. The maximum atomic E-state index is 13.5. The fourth-order valence-corrected chi connectivity index (χ4v) is 2.18. The van der Waals surface area contributed by atoms with E-state index in [1.54, 1.807) is 0 Å². The van der Waals surface area contributed by atoms with Gasteiger partial charge in [-0.05, 0) is 42.3 Å². The van der Waals surface area contributed by atoms with Crippen LogP contribution in [0.1, 0.15) is 22.3 Å². The summed E-state index contributed by atoms with van der Waals surface area (Å²) in [6.07, 6.45) is 0.00628. The fraction of sp³-hybridized carbons (Fsp3) is 0.167. The van der Waals surface area contributed by atoms with Crippen LogP contribution in [0.2, 0.25) is 0 Å². The number of rotatable bonds is 7. The van der Waals surface area contributed by atoms with E-state index < -0.39 is 36.0 Å². The summed E-state index contributed by atoms with van der Waals surface area (Å²) in [6.45, 7) is -0.492. The highest BCUT2D eigenvalue weighted by atomic mass is 19.2. The zero-order valence-corrected chi connectivity index (χ0v) is 13.6. The molecular weight excluding hydrogens is 346 g/mol. The molecule has 6 nitrogen and oxygen atoms in total. The van der Waals surface area contributed by atoms with Crippen LogP contribution in [0.5, 0.6) is 0 Å². The Hall–Kier alpha value is -3.29. The van der Waals surface area contributed by atoms with Crippen molar-refractivity contribution in [2.75, 3.05) is 11.9 Å². The lowest BCUT2D eigenvalue weighted by atomic mass is 10.1. The predicted octanol–water partition coefficient (Wildman–Crippen LogP) is 2.35. The van der Waals surface area contributed by atoms with Gasteiger partial charge < -0.3 is 15.7 Å². The van der Waals surface area contributed by atoms with Crippen LogP contribution in [0.25, 0.3) is 0 Å². The van der Waals surface area contributed by atoms with E-state index in [1.807, 2.05) is 0 Å². The third kappa shape index (κ3) is 5.37. The molecule has 0 aromatic heterocycles. The zero-order valence-electron chi connectivity index (χ0n) is 13.6. The molecule has 0 aliphatic rings. The number of benzene rings is 2. The predicted molar refractivity (Wildman–Crippen MR) is 89.7 cm³/mol. The number of carboxylic acids is 1. The largest absolute Gasteiger partial charge is 0.480 e. The van der Waals surface area contributed by atoms with Crippen LogP contribution in [0.4, 0.5) is 14.5 Å². The van der Waals surface area contributed by atoms with E-state index in [4.69, 9.17) is 5.11 Å². The van der Waals surface area contributed by atoms with Gasteiger partial charge in [0.1, 0.15) is 6.54 Å². The number of hydrogen-bond donors (Lipinski definition) is 3. The number of aliphatic carboxylic acids is 1. The second kappa shape index (κ2) is 8.70. The van der Waals surface area contributed by atoms with E-state index in [1.165, 1.54) is 36.4 Å². The molecule has 0 aliphatic carbocycles. The molecule has 136 valence electrons. The summed E-state index contributed by atoms with van der Waals surface area (Å²) in [5.41, 5.74) is 0.779. The van der Waals surface area contributed by atoms with Gasteiger partial charge in [-0.25, -0.2) is 8.78 Å². The molecule has 26 heavy (non-hydrogen) atoms. The Morgan fingerprint density at radius 2 is 1.69 bits per heavy atom. The summed E-state index contributed by atoms with van der Waals surface area (Å²) >= 11 is 0. The number of carboxylic acid groups (broad SMARTS) is 1. The molecule has 0 aliphatic heterocycles. The summed E-state index contributed by atoms with van der Waals surface area (Å²) in [5, 5.41) is 13.3. The van der Waals surface area contributed by atoms with E-state index in [0.717, 1.165) is 6.07 Å². The Morgan fingerprint density at radius 1 is 1.00 bits per heavy atom. The topological polar surface area (TPSA) is 95.5 Å². The maximum Gasteiger partial charge on any atom is 0.322 e. The van der Waals surface area contributed by atoms with Gasteiger partial charge in [-0.15, -0.1) is 0 Å². The van der Waals surface area contributed by atoms with E-state index in [9.17, 15) is 23.2 Å². The van der Waals surface area contributed by atoms with Crippen LogP contribution in [0.15, 0.2) is 42.5 Å². The lowest BCUT2D eigenvalue weighted by Gasteiger charge is -2.07. The van der Waals surface area contributed by atoms with Crippen molar-refractivity contribution in [3.8, 4) is 0 Å². The van der Waals surface area contributed by atoms with E-state index >= 15 is 0 Å². The molecule has 0 unspecified atom stereocenters. The Kier molecular flexibility index (Phi) is 6.37. The molecule has 0 spiro atoms. The van der Waals surface area contributed by atoms with Gasteiger partial charge in [0.25, 0.3) is 5.91 Å². The summed E-state index contributed by atoms with van der Waals surface area (Å²) in [7, 11) is 0. The van der Waals surface area contributed by atoms with Crippen LogP contribution in [0, 0.1) is 11.6 Å². The number of amides is 2. The van der Waals surface area contributed by atoms with Gasteiger partial charge in [-0.2, -0.15) is 0 Å². The van der Waals surface area contributed by atoms with Crippen LogP contribution in [-0.4, -0.2) is 29.4 Å². The van der Waals surface area contributed by atoms with Crippen LogP contribution in [-0.2, 0) is 16.0 Å². The average molecular weight is 362 g/mol. The summed E-state index contributed by atoms with van der Waals surface area (Å²) in [4.78, 5) is 34.0. The molecule has 2 aromatic carbocycles. The molecular formula is C18H16F2N2O4. The minimum atomic E-state index is -1.16. The van der Waals surface area contributed by atoms with Crippen molar-refractivity contribution in [3.63, 3.8) is 0 Å². The van der Waals surface area contributed by atoms with Gasteiger partial charge >= 0.3 is 5.97 Å². The minimum absolute atomic E-state index is 0.0405. The lowest BCUT2D eigenvalue weighted by Crippen LogP contribution is -2.29. The number of carbonyl (C=O) groups excluding carboxylic acids is 2. The van der Waals surface area contributed by atoms with E-state index in [0.29, 0.717) is 5.69 Å². The third-order valence-corrected chi connectivity index (χ3v) is 3.48. The van der Waals surface area contributed by atoms with Crippen LogP contribution in [0.3, 0.4) is 0 Å². The number of hydrogen-bond acceptors (Lipinski definition) is 3. The quantitative estimate of drug-likeness (QED) is 0.705. The smallest absolute Gasteiger partial charge is 0.322 e. The summed E-state index contributed by atoms with van der Waals surface area (Å²) in [6, 6.07) is 9.62. The number of nitrogens with one attached hydrogen (secondary N) is 2. The molecule has 0 bridgehead atoms. The van der Waals surface area contributed by atoms with Crippen molar-refractivity contribution in [2.24, 2.45) is 0 Å². The number of aryl methyl sites for hydroxylation is 1. The maximum absolute atomic E-state index is 13.5. The Balaban J connectivity index is 1.88. The van der Waals surface area contributed by atoms with E-state index in [2.05, 4.69) is 10.6 Å². The lowest BCUT2D eigenvalue weighted by molar-refractivity contribution is -0.135. The first-order chi connectivity index (χ1) is 12.4. The molecule has 0 fully saturated rings. The zero-order chi connectivity index (χ0) is 19.1. The molecule has 0 heterocycles. The molecule has 3 N–H and O–H groups in total. The average Bonchev–Trinajstić information content (AvgIpc) is 2.61. The van der Waals surface area contributed by atoms with Crippen molar-refractivity contribution >= 4 is 23.5 Å². The third-order valence-electron chi connectivity index (χ3n) is 3.48. The van der Waals surface area contributed by atoms with Gasteiger partial charge in [0.2, 0.25) is 5.91 Å². The van der Waals surface area contributed by atoms with Crippen molar-refractivity contribution < 1.29 is 28.3 Å². The Morgan fingerprint density at radius 3 is 2.35 bits per heavy atom. The first kappa shape index (κ1) is 19.0. The molecule has 2 amide bonds. The molecule has 0 radical (unpaired) electrons. The van der Waals surface area contributed by atoms with Gasteiger partial charge in [-0.1, -0.05) is 12.1 Å². The van der Waals surface area contributed by atoms with Crippen molar-refractivity contribution in [1.82, 2.24) is 5.32 Å². The number of anilines is 1. The van der Waals surface area contributed by atoms with Gasteiger partial charge in [0, 0.05) is 17.7 Å². The number of carbonyl (C=O) groups is 3. The molecule has 2 aromatic rings. The molecule has 0 saturated heterocycles. The summed E-state index contributed by atoms with van der Waals surface area (Å²) < 4.78 is 26.6. The van der Waals surface area contributed by atoms with Gasteiger partial charge in [0.15, 0.2) is 11.6 Å². The molecule has 0 saturated carbocycles. The van der Waals surface area contributed by atoms with Crippen molar-refractivity contribution in [2.45, 2.75) is 12.8 Å². The van der Waals surface area contributed by atoms with E-state index in [-0.39, 0.29) is 24.0 Å². The number of halogens is 2. The highest BCUT2D eigenvalue weighted by Gasteiger charge is 2.11. The molecule has 2 rings (SSSR count). The Bertz CT molecular complexity index is 822. The van der Waals surface area contributed by atoms with Crippen molar-refractivity contribution in [3.05, 3.63) is 65.2 Å². The first-order valence-corrected chi connectivity index (χ1v) is 7.69. The van der Waals surface area contributed by atoms with Crippen LogP contribution < -0.4 is 10.6 Å².